The molecule has 156 valence electrons. The molecule has 0 bridgehead atoms. The normalized spacial score (nSPS) is 17.8. The van der Waals surface area contributed by atoms with Crippen LogP contribution in [0.1, 0.15) is 40.2 Å². The van der Waals surface area contributed by atoms with E-state index in [9.17, 15) is 9.59 Å². The van der Waals surface area contributed by atoms with E-state index in [2.05, 4.69) is 5.32 Å². The molecule has 7 nitrogen and oxygen atoms in total. The second kappa shape index (κ2) is 8.82. The van der Waals surface area contributed by atoms with Crippen LogP contribution >= 0.6 is 0 Å². The molecule has 0 aliphatic carbocycles. The van der Waals surface area contributed by atoms with Gasteiger partial charge in [0.25, 0.3) is 5.91 Å². The highest BCUT2D eigenvalue weighted by Crippen LogP contribution is 2.18. The SMILES string of the molecule is Cc1ccccc1OCC(C)(C)NC(=O)C1CN(C(=O)OC(C)(C)C)CCO1. The van der Waals surface area contributed by atoms with Gasteiger partial charge in [0, 0.05) is 6.54 Å². The number of carbonyl (C=O) groups excluding carboxylic acids is 2. The monoisotopic (exact) mass is 392 g/mol. The molecule has 1 saturated heterocycles. The van der Waals surface area contributed by atoms with Gasteiger partial charge < -0.3 is 24.4 Å². The molecular weight excluding hydrogens is 360 g/mol. The number of hydrogen-bond acceptors (Lipinski definition) is 5. The Morgan fingerprint density at radius 2 is 1.89 bits per heavy atom. The minimum absolute atomic E-state index is 0.162. The van der Waals surface area contributed by atoms with Gasteiger partial charge in [-0.25, -0.2) is 4.79 Å². The van der Waals surface area contributed by atoms with Gasteiger partial charge in [-0.15, -0.1) is 0 Å². The fraction of sp³-hybridized carbons (Fsp3) is 0.619. The molecule has 2 rings (SSSR count). The van der Waals surface area contributed by atoms with Crippen molar-refractivity contribution in [3.63, 3.8) is 0 Å². The van der Waals surface area contributed by atoms with E-state index in [-0.39, 0.29) is 19.1 Å². The van der Waals surface area contributed by atoms with Gasteiger partial charge in [0.2, 0.25) is 0 Å². The predicted octanol–water partition coefficient (Wildman–Crippen LogP) is 2.90. The van der Waals surface area contributed by atoms with Gasteiger partial charge in [-0.3, -0.25) is 4.79 Å². The molecule has 1 N–H and O–H groups in total. The maximum Gasteiger partial charge on any atom is 0.410 e. The third-order valence-electron chi connectivity index (χ3n) is 4.15. The van der Waals surface area contributed by atoms with E-state index in [1.807, 2.05) is 65.8 Å². The molecule has 0 spiro atoms. The van der Waals surface area contributed by atoms with E-state index in [1.165, 1.54) is 4.90 Å². The quantitative estimate of drug-likeness (QED) is 0.834. The van der Waals surface area contributed by atoms with Crippen molar-refractivity contribution in [2.75, 3.05) is 26.3 Å². The number of nitrogens with one attached hydrogen (secondary N) is 1. The number of para-hydroxylation sites is 1. The third-order valence-corrected chi connectivity index (χ3v) is 4.15. The van der Waals surface area contributed by atoms with Gasteiger partial charge in [-0.05, 0) is 53.2 Å². The van der Waals surface area contributed by atoms with Gasteiger partial charge in [-0.1, -0.05) is 18.2 Å². The number of rotatable bonds is 5. The zero-order valence-electron chi connectivity index (χ0n) is 17.7. The smallest absolute Gasteiger partial charge is 0.410 e. The molecular formula is C21H32N2O5. The predicted molar refractivity (Wildman–Crippen MR) is 106 cm³/mol. The Balaban J connectivity index is 1.89. The van der Waals surface area contributed by atoms with Crippen LogP contribution in [0, 0.1) is 6.92 Å². The van der Waals surface area contributed by atoms with Crippen molar-refractivity contribution in [2.45, 2.75) is 58.8 Å². The van der Waals surface area contributed by atoms with Crippen molar-refractivity contribution in [3.8, 4) is 5.75 Å². The third kappa shape index (κ3) is 6.71. The number of carbonyl (C=O) groups is 2. The molecule has 2 amide bonds. The van der Waals surface area contributed by atoms with Crippen molar-refractivity contribution >= 4 is 12.0 Å². The Labute approximate surface area is 167 Å². The first-order valence-corrected chi connectivity index (χ1v) is 9.57. The van der Waals surface area contributed by atoms with Gasteiger partial charge in [0.15, 0.2) is 6.10 Å². The van der Waals surface area contributed by atoms with Crippen LogP contribution < -0.4 is 10.1 Å². The summed E-state index contributed by atoms with van der Waals surface area (Å²) in [5.74, 6) is 0.515. The summed E-state index contributed by atoms with van der Waals surface area (Å²) in [7, 11) is 0. The van der Waals surface area contributed by atoms with Crippen LogP contribution in [-0.2, 0) is 14.3 Å². The van der Waals surface area contributed by atoms with Crippen LogP contribution in [0.3, 0.4) is 0 Å². The molecule has 1 atom stereocenters. The average Bonchev–Trinajstić information content (AvgIpc) is 2.59. The first-order chi connectivity index (χ1) is 13.0. The van der Waals surface area contributed by atoms with Crippen molar-refractivity contribution in [3.05, 3.63) is 29.8 Å². The summed E-state index contributed by atoms with van der Waals surface area (Å²) >= 11 is 0. The molecule has 1 heterocycles. The first kappa shape index (κ1) is 22.0. The summed E-state index contributed by atoms with van der Waals surface area (Å²) in [6.07, 6.45) is -1.17. The Morgan fingerprint density at radius 3 is 2.54 bits per heavy atom. The zero-order valence-corrected chi connectivity index (χ0v) is 17.7. The topological polar surface area (TPSA) is 77.1 Å². The van der Waals surface area contributed by atoms with Crippen LogP contribution in [0.5, 0.6) is 5.75 Å². The van der Waals surface area contributed by atoms with Crippen LogP contribution in [0.15, 0.2) is 24.3 Å². The van der Waals surface area contributed by atoms with E-state index in [1.54, 1.807) is 0 Å². The van der Waals surface area contributed by atoms with Crippen LogP contribution in [0.2, 0.25) is 0 Å². The van der Waals surface area contributed by atoms with Crippen molar-refractivity contribution < 1.29 is 23.8 Å². The van der Waals surface area contributed by atoms with Gasteiger partial charge >= 0.3 is 6.09 Å². The van der Waals surface area contributed by atoms with Crippen molar-refractivity contribution in [1.29, 1.82) is 0 Å². The number of benzene rings is 1. The summed E-state index contributed by atoms with van der Waals surface area (Å²) in [4.78, 5) is 26.4. The molecule has 1 fully saturated rings. The standard InChI is InChI=1S/C21H32N2O5/c1-15-9-7-8-10-16(15)27-14-21(5,6)22-18(24)17-13-23(11-12-26-17)19(25)28-20(2,3)4/h7-10,17H,11-14H2,1-6H3,(H,22,24). The number of morpholine rings is 1. The molecule has 28 heavy (non-hydrogen) atoms. The van der Waals surface area contributed by atoms with Gasteiger partial charge in [0.05, 0.1) is 18.7 Å². The Bertz CT molecular complexity index is 696. The number of amides is 2. The number of nitrogens with zero attached hydrogens (tertiary/aromatic N) is 1. The average molecular weight is 392 g/mol. The summed E-state index contributed by atoms with van der Waals surface area (Å²) < 4.78 is 16.8. The Morgan fingerprint density at radius 1 is 1.21 bits per heavy atom. The highest BCUT2D eigenvalue weighted by molar-refractivity contribution is 5.82. The summed E-state index contributed by atoms with van der Waals surface area (Å²) in [6.45, 7) is 12.3. The zero-order chi connectivity index (χ0) is 20.9. The second-order valence-electron chi connectivity index (χ2n) is 8.71. The van der Waals surface area contributed by atoms with Gasteiger partial charge in [0.1, 0.15) is 18.0 Å². The van der Waals surface area contributed by atoms with Gasteiger partial charge in [-0.2, -0.15) is 0 Å². The molecule has 7 heteroatoms. The molecule has 1 aliphatic rings. The Hall–Kier alpha value is -2.28. The van der Waals surface area contributed by atoms with Crippen LogP contribution in [-0.4, -0.2) is 60.4 Å². The molecule has 0 aromatic heterocycles. The van der Waals surface area contributed by atoms with E-state index >= 15 is 0 Å². The van der Waals surface area contributed by atoms with Crippen molar-refractivity contribution in [2.24, 2.45) is 0 Å². The van der Waals surface area contributed by atoms with Crippen LogP contribution in [0.4, 0.5) is 4.79 Å². The number of ether oxygens (including phenoxy) is 3. The number of hydrogen-bond donors (Lipinski definition) is 1. The lowest BCUT2D eigenvalue weighted by molar-refractivity contribution is -0.140. The highest BCUT2D eigenvalue weighted by Gasteiger charge is 2.34. The molecule has 1 aromatic carbocycles. The van der Waals surface area contributed by atoms with Crippen LogP contribution in [0.25, 0.3) is 0 Å². The minimum Gasteiger partial charge on any atom is -0.491 e. The largest absolute Gasteiger partial charge is 0.491 e. The minimum atomic E-state index is -0.737. The fourth-order valence-corrected chi connectivity index (χ4v) is 2.73. The van der Waals surface area contributed by atoms with Crippen molar-refractivity contribution in [1.82, 2.24) is 10.2 Å². The Kier molecular flexibility index (Phi) is 6.93. The molecule has 1 aromatic rings. The highest BCUT2D eigenvalue weighted by atomic mass is 16.6. The number of aryl methyl sites for hydroxylation is 1. The van der Waals surface area contributed by atoms with E-state index in [0.29, 0.717) is 13.2 Å². The second-order valence-corrected chi connectivity index (χ2v) is 8.71. The summed E-state index contributed by atoms with van der Waals surface area (Å²) in [6, 6.07) is 7.74. The van der Waals surface area contributed by atoms with E-state index in [0.717, 1.165) is 11.3 Å². The molecule has 1 unspecified atom stereocenters. The maximum absolute atomic E-state index is 12.7. The van der Waals surface area contributed by atoms with E-state index in [4.69, 9.17) is 14.2 Å². The first-order valence-electron chi connectivity index (χ1n) is 9.57. The molecule has 1 aliphatic heterocycles. The summed E-state index contributed by atoms with van der Waals surface area (Å²) in [5.41, 5.74) is -0.146. The van der Waals surface area contributed by atoms with E-state index < -0.39 is 23.3 Å². The fourth-order valence-electron chi connectivity index (χ4n) is 2.73. The lowest BCUT2D eigenvalue weighted by Gasteiger charge is -2.35. The summed E-state index contributed by atoms with van der Waals surface area (Å²) in [5, 5.41) is 2.96. The lowest BCUT2D eigenvalue weighted by atomic mass is 10.1. The molecule has 0 radical (unpaired) electrons. The maximum atomic E-state index is 12.7. The lowest BCUT2D eigenvalue weighted by Crippen LogP contribution is -2.57. The molecule has 0 saturated carbocycles.